The van der Waals surface area contributed by atoms with Crippen LogP contribution in [0.3, 0.4) is 0 Å². The van der Waals surface area contributed by atoms with Crippen LogP contribution in [-0.4, -0.2) is 40.3 Å². The fourth-order valence-corrected chi connectivity index (χ4v) is 4.90. The summed E-state index contributed by atoms with van der Waals surface area (Å²) in [6.45, 7) is 6.68. The van der Waals surface area contributed by atoms with E-state index in [-0.39, 0.29) is 16.7 Å². The van der Waals surface area contributed by atoms with Crippen LogP contribution in [0, 0.1) is 0 Å². The lowest BCUT2D eigenvalue weighted by molar-refractivity contribution is -0.129. The highest BCUT2D eigenvalue weighted by Gasteiger charge is 2.44. The van der Waals surface area contributed by atoms with Gasteiger partial charge < -0.3 is 24.1 Å². The Kier molecular flexibility index (Phi) is 6.15. The van der Waals surface area contributed by atoms with Crippen molar-refractivity contribution in [3.05, 3.63) is 101 Å². The van der Waals surface area contributed by atoms with Gasteiger partial charge in [0.05, 0.1) is 25.0 Å². The summed E-state index contributed by atoms with van der Waals surface area (Å²) < 4.78 is 10.7. The molecule has 0 unspecified atom stereocenters. The number of hydrogen-bond donors (Lipinski definition) is 2. The van der Waals surface area contributed by atoms with Crippen LogP contribution < -0.4 is 4.74 Å². The second-order valence-electron chi connectivity index (χ2n) is 10.3. The van der Waals surface area contributed by atoms with E-state index < -0.39 is 23.5 Å². The average molecular weight is 499 g/mol. The minimum Gasteiger partial charge on any atom is -0.503 e. The lowest BCUT2D eigenvalue weighted by atomic mass is 9.85. The Balaban J connectivity index is 1.51. The van der Waals surface area contributed by atoms with Crippen LogP contribution in [0.4, 0.5) is 0 Å². The van der Waals surface area contributed by atoms with Crippen LogP contribution in [0.25, 0.3) is 10.9 Å². The van der Waals surface area contributed by atoms with Gasteiger partial charge in [0.15, 0.2) is 11.5 Å². The number of benzene rings is 2. The molecule has 190 valence electrons. The van der Waals surface area contributed by atoms with Gasteiger partial charge in [-0.2, -0.15) is 0 Å². The third-order valence-electron chi connectivity index (χ3n) is 6.98. The van der Waals surface area contributed by atoms with E-state index in [9.17, 15) is 14.7 Å². The summed E-state index contributed by atoms with van der Waals surface area (Å²) >= 11 is 0. The highest BCUT2D eigenvalue weighted by atomic mass is 16.5. The van der Waals surface area contributed by atoms with Crippen molar-refractivity contribution in [2.45, 2.75) is 38.6 Å². The number of ketones is 1. The number of rotatable bonds is 7. The normalized spacial score (nSPS) is 16.2. The Hall–Kier alpha value is -4.26. The second kappa shape index (κ2) is 9.32. The number of furan rings is 1. The first kappa shape index (κ1) is 24.4. The summed E-state index contributed by atoms with van der Waals surface area (Å²) in [5, 5.41) is 11.9. The minimum atomic E-state index is -0.737. The third-order valence-corrected chi connectivity index (χ3v) is 6.98. The molecule has 2 aromatic heterocycles. The van der Waals surface area contributed by atoms with Gasteiger partial charge in [0, 0.05) is 23.6 Å². The Labute approximate surface area is 215 Å². The van der Waals surface area contributed by atoms with Crippen molar-refractivity contribution in [3.63, 3.8) is 0 Å². The van der Waals surface area contributed by atoms with Gasteiger partial charge >= 0.3 is 0 Å². The lowest BCUT2D eigenvalue weighted by Crippen LogP contribution is -2.33. The van der Waals surface area contributed by atoms with E-state index in [0.29, 0.717) is 13.0 Å². The number of nitrogens with zero attached hydrogens (tertiary/aromatic N) is 1. The zero-order valence-electron chi connectivity index (χ0n) is 21.4. The molecule has 2 aromatic carbocycles. The van der Waals surface area contributed by atoms with Crippen LogP contribution in [-0.2, 0) is 16.6 Å². The molecule has 0 spiro atoms. The average Bonchev–Trinajstić information content (AvgIpc) is 3.61. The maximum absolute atomic E-state index is 13.4. The van der Waals surface area contributed by atoms with E-state index in [0.717, 1.165) is 33.3 Å². The van der Waals surface area contributed by atoms with Gasteiger partial charge in [0.1, 0.15) is 5.75 Å². The van der Waals surface area contributed by atoms with Crippen LogP contribution in [0.2, 0.25) is 0 Å². The van der Waals surface area contributed by atoms with Gasteiger partial charge in [-0.15, -0.1) is 0 Å². The molecule has 5 rings (SSSR count). The summed E-state index contributed by atoms with van der Waals surface area (Å²) in [5.74, 6) is -0.784. The summed E-state index contributed by atoms with van der Waals surface area (Å²) in [6, 6.07) is 16.1. The Morgan fingerprint density at radius 3 is 2.54 bits per heavy atom. The van der Waals surface area contributed by atoms with Crippen molar-refractivity contribution in [2.75, 3.05) is 13.7 Å². The van der Waals surface area contributed by atoms with E-state index in [2.05, 4.69) is 25.8 Å². The van der Waals surface area contributed by atoms with Crippen molar-refractivity contribution in [1.82, 2.24) is 9.88 Å². The predicted octanol–water partition coefficient (Wildman–Crippen LogP) is 5.89. The minimum absolute atomic E-state index is 0.0315. The maximum Gasteiger partial charge on any atom is 0.290 e. The number of nitrogens with one attached hydrogen (secondary N) is 1. The molecule has 1 atom stereocenters. The molecular formula is C30H30N2O5. The number of carbonyl (C=O) groups is 2. The number of aliphatic hydroxyl groups excluding tert-OH is 1. The maximum atomic E-state index is 13.4. The Morgan fingerprint density at radius 1 is 1.14 bits per heavy atom. The SMILES string of the molecule is COc1ccc2[nH]cc(CCN3C(=O)C(O)=C(C(=O)c4ccco4)[C@H]3c3ccc(C(C)(C)C)cc3)c2c1. The zero-order valence-corrected chi connectivity index (χ0v) is 21.4. The van der Waals surface area contributed by atoms with E-state index in [1.165, 1.54) is 12.3 Å². The quantitative estimate of drug-likeness (QED) is 0.310. The van der Waals surface area contributed by atoms with E-state index >= 15 is 0 Å². The lowest BCUT2D eigenvalue weighted by Gasteiger charge is -2.27. The number of aromatic nitrogens is 1. The first-order valence-electron chi connectivity index (χ1n) is 12.3. The van der Waals surface area contributed by atoms with Gasteiger partial charge in [-0.3, -0.25) is 9.59 Å². The molecule has 0 bridgehead atoms. The van der Waals surface area contributed by atoms with Crippen molar-refractivity contribution in [1.29, 1.82) is 0 Å². The molecule has 0 saturated carbocycles. The fraction of sp³-hybridized carbons (Fsp3) is 0.267. The molecule has 3 heterocycles. The molecule has 0 fully saturated rings. The number of aliphatic hydroxyl groups is 1. The largest absolute Gasteiger partial charge is 0.503 e. The molecule has 0 radical (unpaired) electrons. The van der Waals surface area contributed by atoms with Gasteiger partial charge in [0.25, 0.3) is 5.91 Å². The standard InChI is InChI=1S/C30H30N2O5/c1-30(2,3)20-9-7-18(8-10-20)26-25(27(33)24-6-5-15-37-24)28(34)29(35)32(26)14-13-19-17-31-23-12-11-21(36-4)16-22(19)23/h5-12,15-17,26,31,34H,13-14H2,1-4H3/t26-/m1/s1. The number of methoxy groups -OCH3 is 1. The second-order valence-corrected chi connectivity index (χ2v) is 10.3. The number of hydrogen-bond acceptors (Lipinski definition) is 5. The van der Waals surface area contributed by atoms with Crippen LogP contribution in [0.5, 0.6) is 5.75 Å². The highest BCUT2D eigenvalue weighted by Crippen LogP contribution is 2.40. The van der Waals surface area contributed by atoms with E-state index in [1.807, 2.05) is 48.7 Å². The smallest absolute Gasteiger partial charge is 0.290 e. The summed E-state index contributed by atoms with van der Waals surface area (Å²) in [4.78, 5) is 31.5. The van der Waals surface area contributed by atoms with Gasteiger partial charge in [0.2, 0.25) is 5.78 Å². The number of Topliss-reactive ketones (excluding diaryl/α,β-unsaturated/α-hetero) is 1. The van der Waals surface area contributed by atoms with Crippen molar-refractivity contribution < 1.29 is 23.8 Å². The zero-order chi connectivity index (χ0) is 26.3. The molecule has 0 saturated heterocycles. The number of aromatic amines is 1. The highest BCUT2D eigenvalue weighted by molar-refractivity contribution is 6.15. The van der Waals surface area contributed by atoms with Gasteiger partial charge in [-0.1, -0.05) is 45.0 Å². The molecule has 4 aromatic rings. The fourth-order valence-electron chi connectivity index (χ4n) is 4.90. The van der Waals surface area contributed by atoms with Crippen LogP contribution in [0.1, 0.15) is 54.1 Å². The van der Waals surface area contributed by atoms with Gasteiger partial charge in [-0.25, -0.2) is 0 Å². The molecule has 37 heavy (non-hydrogen) atoms. The van der Waals surface area contributed by atoms with Crippen LogP contribution >= 0.6 is 0 Å². The molecule has 1 aliphatic heterocycles. The summed E-state index contributed by atoms with van der Waals surface area (Å²) in [7, 11) is 1.62. The summed E-state index contributed by atoms with van der Waals surface area (Å²) in [6.07, 6.45) is 3.84. The predicted molar refractivity (Wildman–Crippen MR) is 141 cm³/mol. The number of amides is 1. The van der Waals surface area contributed by atoms with Crippen molar-refractivity contribution in [3.8, 4) is 5.75 Å². The first-order valence-corrected chi connectivity index (χ1v) is 12.3. The monoisotopic (exact) mass is 498 g/mol. The molecule has 2 N–H and O–H groups in total. The Morgan fingerprint density at radius 2 is 1.89 bits per heavy atom. The van der Waals surface area contributed by atoms with E-state index in [4.69, 9.17) is 9.15 Å². The molecule has 1 aliphatic rings. The van der Waals surface area contributed by atoms with E-state index in [1.54, 1.807) is 18.1 Å². The molecule has 7 heteroatoms. The number of carbonyl (C=O) groups excluding carboxylic acids is 2. The van der Waals surface area contributed by atoms with Crippen LogP contribution in [0.15, 0.2) is 82.8 Å². The summed E-state index contributed by atoms with van der Waals surface area (Å²) in [5.41, 5.74) is 3.84. The number of ether oxygens (including phenoxy) is 1. The molecule has 0 aliphatic carbocycles. The third kappa shape index (κ3) is 4.42. The molecule has 7 nitrogen and oxygen atoms in total. The Bertz CT molecular complexity index is 1490. The first-order chi connectivity index (χ1) is 17.7. The molecule has 1 amide bonds. The number of H-pyrrole nitrogens is 1. The number of fused-ring (bicyclic) bond motifs is 1. The molecular weight excluding hydrogens is 468 g/mol. The van der Waals surface area contributed by atoms with Gasteiger partial charge in [-0.05, 0) is 58.9 Å². The topological polar surface area (TPSA) is 95.8 Å². The van der Waals surface area contributed by atoms with Crippen molar-refractivity contribution in [2.24, 2.45) is 0 Å². The van der Waals surface area contributed by atoms with Crippen molar-refractivity contribution >= 4 is 22.6 Å².